The maximum absolute atomic E-state index is 9.61. The van der Waals surface area contributed by atoms with E-state index in [1.54, 1.807) is 0 Å². The summed E-state index contributed by atoms with van der Waals surface area (Å²) in [4.78, 5) is 4.80. The first-order valence-electron chi connectivity index (χ1n) is 8.05. The van der Waals surface area contributed by atoms with E-state index in [-0.39, 0.29) is 12.2 Å². The number of piperidine rings is 2. The number of unbranched alkanes of at least 4 members (excludes halogenated alkanes) is 2. The first-order valence-corrected chi connectivity index (χ1v) is 8.05. The topological polar surface area (TPSA) is 46.9 Å². The zero-order valence-corrected chi connectivity index (χ0v) is 12.1. The van der Waals surface area contributed by atoms with Crippen molar-refractivity contribution in [3.8, 4) is 0 Å². The van der Waals surface area contributed by atoms with E-state index in [0.29, 0.717) is 0 Å². The van der Waals surface area contributed by atoms with Crippen molar-refractivity contribution < 1.29 is 10.2 Å². The second-order valence-corrected chi connectivity index (χ2v) is 6.25. The minimum Gasteiger partial charge on any atom is -0.392 e. The van der Waals surface area contributed by atoms with E-state index in [1.165, 1.54) is 19.3 Å². The normalized spacial score (nSPS) is 30.6. The fourth-order valence-electron chi connectivity index (χ4n) is 3.32. The first kappa shape index (κ1) is 15.2. The Kier molecular flexibility index (Phi) is 6.57. The third kappa shape index (κ3) is 5.78. The molecule has 0 saturated carbocycles. The van der Waals surface area contributed by atoms with Crippen molar-refractivity contribution >= 4 is 0 Å². The standard InChI is InChI=1S/C15H30N2O2/c18-14-6-4-10-16(12-14)8-2-1-3-9-17-11-5-7-15(19)13-17/h14-15,18-19H,1-13H2. The van der Waals surface area contributed by atoms with Crippen LogP contribution in [0, 0.1) is 0 Å². The maximum atomic E-state index is 9.61. The molecular weight excluding hydrogens is 240 g/mol. The number of nitrogens with zero attached hydrogens (tertiary/aromatic N) is 2. The molecule has 0 spiro atoms. The van der Waals surface area contributed by atoms with Gasteiger partial charge in [0.1, 0.15) is 0 Å². The van der Waals surface area contributed by atoms with Gasteiger partial charge in [-0.1, -0.05) is 6.42 Å². The minimum atomic E-state index is -0.0939. The molecule has 2 fully saturated rings. The van der Waals surface area contributed by atoms with Gasteiger partial charge in [-0.2, -0.15) is 0 Å². The van der Waals surface area contributed by atoms with E-state index >= 15 is 0 Å². The highest BCUT2D eigenvalue weighted by atomic mass is 16.3. The Morgan fingerprint density at radius 2 is 1.21 bits per heavy atom. The van der Waals surface area contributed by atoms with Crippen molar-refractivity contribution in [2.45, 2.75) is 57.2 Å². The summed E-state index contributed by atoms with van der Waals surface area (Å²) < 4.78 is 0. The first-order chi connectivity index (χ1) is 9.24. The van der Waals surface area contributed by atoms with Crippen LogP contribution in [0.4, 0.5) is 0 Å². The number of hydrogen-bond acceptors (Lipinski definition) is 4. The summed E-state index contributed by atoms with van der Waals surface area (Å²) in [6.07, 6.45) is 7.80. The molecule has 4 heteroatoms. The van der Waals surface area contributed by atoms with E-state index in [0.717, 1.165) is 65.0 Å². The Balaban J connectivity index is 1.47. The van der Waals surface area contributed by atoms with Crippen LogP contribution in [-0.4, -0.2) is 71.5 Å². The lowest BCUT2D eigenvalue weighted by molar-refractivity contribution is 0.0661. The highest BCUT2D eigenvalue weighted by molar-refractivity contribution is 4.73. The molecule has 0 aromatic carbocycles. The number of β-amino-alcohol motifs (C(OH)–C–C–N with tert-alkyl or cyclic N) is 2. The van der Waals surface area contributed by atoms with E-state index in [2.05, 4.69) is 9.80 Å². The van der Waals surface area contributed by atoms with Gasteiger partial charge in [-0.25, -0.2) is 0 Å². The predicted molar refractivity (Wildman–Crippen MR) is 77.2 cm³/mol. The van der Waals surface area contributed by atoms with Crippen LogP contribution in [0.15, 0.2) is 0 Å². The van der Waals surface area contributed by atoms with Crippen LogP contribution in [0.5, 0.6) is 0 Å². The fraction of sp³-hybridized carbons (Fsp3) is 1.00. The Morgan fingerprint density at radius 3 is 1.63 bits per heavy atom. The highest BCUT2D eigenvalue weighted by Crippen LogP contribution is 2.13. The summed E-state index contributed by atoms with van der Waals surface area (Å²) in [5, 5.41) is 19.2. The number of rotatable bonds is 6. The van der Waals surface area contributed by atoms with Crippen LogP contribution in [0.3, 0.4) is 0 Å². The van der Waals surface area contributed by atoms with Gasteiger partial charge in [0, 0.05) is 13.1 Å². The van der Waals surface area contributed by atoms with Crippen molar-refractivity contribution in [1.29, 1.82) is 0 Å². The molecule has 0 radical (unpaired) electrons. The monoisotopic (exact) mass is 270 g/mol. The molecule has 2 saturated heterocycles. The lowest BCUT2D eigenvalue weighted by atomic mass is 10.1. The second kappa shape index (κ2) is 8.20. The molecule has 0 bridgehead atoms. The molecule has 0 aromatic heterocycles. The molecule has 2 atom stereocenters. The summed E-state index contributed by atoms with van der Waals surface area (Å²) in [7, 11) is 0. The molecule has 19 heavy (non-hydrogen) atoms. The average molecular weight is 270 g/mol. The van der Waals surface area contributed by atoms with Crippen LogP contribution in [0.2, 0.25) is 0 Å². The quantitative estimate of drug-likeness (QED) is 0.709. The van der Waals surface area contributed by atoms with Crippen LogP contribution in [0.25, 0.3) is 0 Å². The third-order valence-corrected chi connectivity index (χ3v) is 4.41. The lowest BCUT2D eigenvalue weighted by Crippen LogP contribution is -2.39. The smallest absolute Gasteiger partial charge is 0.0667 e. The van der Waals surface area contributed by atoms with Crippen molar-refractivity contribution in [3.05, 3.63) is 0 Å². The zero-order chi connectivity index (χ0) is 13.5. The van der Waals surface area contributed by atoms with E-state index in [4.69, 9.17) is 0 Å². The largest absolute Gasteiger partial charge is 0.392 e. The minimum absolute atomic E-state index is 0.0939. The van der Waals surface area contributed by atoms with Crippen LogP contribution in [0.1, 0.15) is 44.9 Å². The maximum Gasteiger partial charge on any atom is 0.0667 e. The van der Waals surface area contributed by atoms with E-state index < -0.39 is 0 Å². The third-order valence-electron chi connectivity index (χ3n) is 4.41. The molecular formula is C15H30N2O2. The van der Waals surface area contributed by atoms with E-state index in [1.807, 2.05) is 0 Å². The Bertz CT molecular complexity index is 226. The van der Waals surface area contributed by atoms with Crippen LogP contribution < -0.4 is 0 Å². The SMILES string of the molecule is OC1CCCN(CCCCCN2CCCC(O)C2)C1. The van der Waals surface area contributed by atoms with Gasteiger partial charge in [0.15, 0.2) is 0 Å². The summed E-state index contributed by atoms with van der Waals surface area (Å²) >= 11 is 0. The van der Waals surface area contributed by atoms with Gasteiger partial charge >= 0.3 is 0 Å². The Morgan fingerprint density at radius 1 is 0.737 bits per heavy atom. The summed E-state index contributed by atoms with van der Waals surface area (Å²) in [6, 6.07) is 0. The second-order valence-electron chi connectivity index (χ2n) is 6.25. The van der Waals surface area contributed by atoms with Crippen molar-refractivity contribution in [3.63, 3.8) is 0 Å². The zero-order valence-electron chi connectivity index (χ0n) is 12.1. The number of likely N-dealkylation sites (tertiary alicyclic amines) is 2. The molecule has 2 N–H and O–H groups in total. The van der Waals surface area contributed by atoms with Gasteiger partial charge in [0.05, 0.1) is 12.2 Å². The highest BCUT2D eigenvalue weighted by Gasteiger charge is 2.18. The van der Waals surface area contributed by atoms with Gasteiger partial charge in [-0.15, -0.1) is 0 Å². The molecule has 2 rings (SSSR count). The van der Waals surface area contributed by atoms with Gasteiger partial charge in [-0.05, 0) is 64.7 Å². The van der Waals surface area contributed by atoms with Crippen LogP contribution >= 0.6 is 0 Å². The van der Waals surface area contributed by atoms with Gasteiger partial charge in [0.25, 0.3) is 0 Å². The van der Waals surface area contributed by atoms with Crippen molar-refractivity contribution in [2.24, 2.45) is 0 Å². The number of hydrogen-bond donors (Lipinski definition) is 2. The number of aliphatic hydroxyl groups excluding tert-OH is 2. The molecule has 0 aliphatic carbocycles. The fourth-order valence-corrected chi connectivity index (χ4v) is 3.32. The van der Waals surface area contributed by atoms with Gasteiger partial charge < -0.3 is 20.0 Å². The molecule has 2 unspecified atom stereocenters. The molecule has 0 amide bonds. The molecule has 2 heterocycles. The average Bonchev–Trinajstić information content (AvgIpc) is 2.38. The van der Waals surface area contributed by atoms with Gasteiger partial charge in [-0.3, -0.25) is 0 Å². The number of aliphatic hydroxyl groups is 2. The lowest BCUT2D eigenvalue weighted by Gasteiger charge is -2.31. The van der Waals surface area contributed by atoms with E-state index in [9.17, 15) is 10.2 Å². The van der Waals surface area contributed by atoms with Crippen molar-refractivity contribution in [1.82, 2.24) is 9.80 Å². The summed E-state index contributed by atoms with van der Waals surface area (Å²) in [6.45, 7) is 6.35. The molecule has 4 nitrogen and oxygen atoms in total. The molecule has 2 aliphatic heterocycles. The molecule has 2 aliphatic rings. The Hall–Kier alpha value is -0.160. The van der Waals surface area contributed by atoms with Crippen LogP contribution in [-0.2, 0) is 0 Å². The van der Waals surface area contributed by atoms with Gasteiger partial charge in [0.2, 0.25) is 0 Å². The Labute approximate surface area is 117 Å². The summed E-state index contributed by atoms with van der Waals surface area (Å²) in [5.74, 6) is 0. The summed E-state index contributed by atoms with van der Waals surface area (Å²) in [5.41, 5.74) is 0. The molecule has 112 valence electrons. The molecule has 0 aromatic rings. The predicted octanol–water partition coefficient (Wildman–Crippen LogP) is 1.07. The van der Waals surface area contributed by atoms with Crippen molar-refractivity contribution in [2.75, 3.05) is 39.3 Å².